The summed E-state index contributed by atoms with van der Waals surface area (Å²) in [6.45, 7) is -0.0907. The van der Waals surface area contributed by atoms with Crippen molar-refractivity contribution in [1.82, 2.24) is 20.8 Å². The zero-order chi connectivity index (χ0) is 22.7. The van der Waals surface area contributed by atoms with E-state index in [0.29, 0.717) is 11.3 Å². The molecular weight excluding hydrogens is 441 g/mol. The number of carbonyl (C=O) groups is 3. The molecule has 0 unspecified atom stereocenters. The fourth-order valence-electron chi connectivity index (χ4n) is 3.19. The maximum absolute atomic E-state index is 14.0. The third-order valence-electron chi connectivity index (χ3n) is 4.80. The van der Waals surface area contributed by atoms with Crippen molar-refractivity contribution in [2.45, 2.75) is 25.4 Å². The summed E-state index contributed by atoms with van der Waals surface area (Å²) in [4.78, 5) is 40.9. The first-order valence-electron chi connectivity index (χ1n) is 9.67. The van der Waals surface area contributed by atoms with Gasteiger partial charge in [-0.25, -0.2) is 4.39 Å². The number of carbonyl (C=O) groups excluding carboxylic acids is 3. The van der Waals surface area contributed by atoms with Gasteiger partial charge in [0.15, 0.2) is 0 Å². The number of rotatable bonds is 6. The van der Waals surface area contributed by atoms with Gasteiger partial charge >= 0.3 is 0 Å². The SMILES string of the molecule is O=C(CC[C@@H]1NC(=O)c2ccccc2NC1=O)NCc1nc(-c2c(F)cccc2Cl)no1. The number of hydrogen-bond donors (Lipinski definition) is 3. The molecule has 164 valence electrons. The summed E-state index contributed by atoms with van der Waals surface area (Å²) in [7, 11) is 0. The number of benzene rings is 2. The summed E-state index contributed by atoms with van der Waals surface area (Å²) in [6.07, 6.45) is 0.0617. The van der Waals surface area contributed by atoms with Crippen LogP contribution in [0.15, 0.2) is 47.0 Å². The zero-order valence-corrected chi connectivity index (χ0v) is 17.3. The number of fused-ring (bicyclic) bond motifs is 1. The van der Waals surface area contributed by atoms with Crippen LogP contribution in [0, 0.1) is 5.82 Å². The molecule has 0 aliphatic carbocycles. The molecule has 0 radical (unpaired) electrons. The van der Waals surface area contributed by atoms with Crippen molar-refractivity contribution < 1.29 is 23.3 Å². The minimum Gasteiger partial charge on any atom is -0.347 e. The highest BCUT2D eigenvalue weighted by atomic mass is 35.5. The van der Waals surface area contributed by atoms with Gasteiger partial charge in [0.2, 0.25) is 23.5 Å². The van der Waals surface area contributed by atoms with Crippen LogP contribution in [0.3, 0.4) is 0 Å². The van der Waals surface area contributed by atoms with Crippen molar-refractivity contribution >= 4 is 35.0 Å². The van der Waals surface area contributed by atoms with Gasteiger partial charge in [-0.05, 0) is 30.7 Å². The van der Waals surface area contributed by atoms with Gasteiger partial charge in [0.25, 0.3) is 5.91 Å². The molecule has 9 nitrogen and oxygen atoms in total. The van der Waals surface area contributed by atoms with Gasteiger partial charge in [0, 0.05) is 6.42 Å². The summed E-state index contributed by atoms with van der Waals surface area (Å²) >= 11 is 5.99. The Morgan fingerprint density at radius 3 is 2.81 bits per heavy atom. The van der Waals surface area contributed by atoms with E-state index in [1.807, 2.05) is 0 Å². The van der Waals surface area contributed by atoms with Crippen LogP contribution >= 0.6 is 11.6 Å². The molecule has 0 bridgehead atoms. The van der Waals surface area contributed by atoms with Gasteiger partial charge in [-0.2, -0.15) is 4.98 Å². The Labute approximate surface area is 186 Å². The normalized spacial score (nSPS) is 15.4. The monoisotopic (exact) mass is 457 g/mol. The number of hydrogen-bond acceptors (Lipinski definition) is 6. The van der Waals surface area contributed by atoms with Gasteiger partial charge in [-0.1, -0.05) is 35.0 Å². The highest BCUT2D eigenvalue weighted by Gasteiger charge is 2.28. The van der Waals surface area contributed by atoms with Crippen LogP contribution < -0.4 is 16.0 Å². The molecule has 3 N–H and O–H groups in total. The van der Waals surface area contributed by atoms with E-state index >= 15 is 0 Å². The van der Waals surface area contributed by atoms with Gasteiger partial charge < -0.3 is 20.5 Å². The van der Waals surface area contributed by atoms with E-state index in [2.05, 4.69) is 26.1 Å². The molecule has 1 aromatic heterocycles. The number of anilines is 1. The van der Waals surface area contributed by atoms with Gasteiger partial charge in [0.05, 0.1) is 28.4 Å². The third-order valence-corrected chi connectivity index (χ3v) is 5.12. The summed E-state index contributed by atoms with van der Waals surface area (Å²) in [5, 5.41) is 11.7. The van der Waals surface area contributed by atoms with E-state index in [1.165, 1.54) is 18.2 Å². The number of amides is 3. The molecule has 1 atom stereocenters. The molecular formula is C21H17ClFN5O4. The van der Waals surface area contributed by atoms with E-state index in [-0.39, 0.29) is 41.7 Å². The van der Waals surface area contributed by atoms with E-state index in [9.17, 15) is 18.8 Å². The zero-order valence-electron chi connectivity index (χ0n) is 16.5. The first-order chi connectivity index (χ1) is 15.4. The van der Waals surface area contributed by atoms with Crippen molar-refractivity contribution in [3.8, 4) is 11.4 Å². The molecule has 11 heteroatoms. The standard InChI is InChI=1S/C21H17ClFN5O4/c22-12-5-3-6-13(23)18(12)19-27-17(32-28-19)10-24-16(29)9-8-15-21(31)25-14-7-2-1-4-11(14)20(30)26-15/h1-7,15H,8-10H2,(H,24,29)(H,25,31)(H,26,30)/t15-/m0/s1. The molecule has 1 aliphatic heterocycles. The maximum Gasteiger partial charge on any atom is 0.254 e. The topological polar surface area (TPSA) is 126 Å². The summed E-state index contributed by atoms with van der Waals surface area (Å²) in [5.74, 6) is -1.76. The molecule has 0 saturated carbocycles. The minimum atomic E-state index is -0.862. The molecule has 0 spiro atoms. The second kappa shape index (κ2) is 9.15. The van der Waals surface area contributed by atoms with E-state index in [1.54, 1.807) is 24.3 Å². The quantitative estimate of drug-likeness (QED) is 0.522. The van der Waals surface area contributed by atoms with Gasteiger partial charge in [-0.15, -0.1) is 0 Å². The van der Waals surface area contributed by atoms with E-state index in [4.69, 9.17) is 16.1 Å². The second-order valence-electron chi connectivity index (χ2n) is 6.98. The van der Waals surface area contributed by atoms with Crippen LogP contribution in [0.25, 0.3) is 11.4 Å². The second-order valence-corrected chi connectivity index (χ2v) is 7.39. The molecule has 2 heterocycles. The fraction of sp³-hybridized carbons (Fsp3) is 0.190. The predicted molar refractivity (Wildman–Crippen MR) is 112 cm³/mol. The molecule has 3 amide bonds. The molecule has 32 heavy (non-hydrogen) atoms. The predicted octanol–water partition coefficient (Wildman–Crippen LogP) is 2.68. The van der Waals surface area contributed by atoms with Crippen LogP contribution in [-0.2, 0) is 16.1 Å². The fourth-order valence-corrected chi connectivity index (χ4v) is 3.44. The Hall–Kier alpha value is -3.79. The molecule has 3 aromatic rings. The number of para-hydroxylation sites is 1. The van der Waals surface area contributed by atoms with Crippen molar-refractivity contribution in [1.29, 1.82) is 0 Å². The molecule has 2 aromatic carbocycles. The Kier molecular flexibility index (Phi) is 6.13. The lowest BCUT2D eigenvalue weighted by atomic mass is 10.1. The van der Waals surface area contributed by atoms with Crippen LogP contribution in [0.1, 0.15) is 29.1 Å². The maximum atomic E-state index is 14.0. The van der Waals surface area contributed by atoms with Crippen LogP contribution in [-0.4, -0.2) is 33.9 Å². The number of nitrogens with zero attached hydrogens (tertiary/aromatic N) is 2. The Morgan fingerprint density at radius 2 is 2.00 bits per heavy atom. The summed E-state index contributed by atoms with van der Waals surface area (Å²) in [5.41, 5.74) is 0.783. The highest BCUT2D eigenvalue weighted by Crippen LogP contribution is 2.28. The smallest absolute Gasteiger partial charge is 0.254 e. The lowest BCUT2D eigenvalue weighted by molar-refractivity contribution is -0.122. The van der Waals surface area contributed by atoms with Gasteiger partial charge in [-0.3, -0.25) is 14.4 Å². The Bertz CT molecular complexity index is 1180. The first kappa shape index (κ1) is 21.4. The Morgan fingerprint density at radius 1 is 1.19 bits per heavy atom. The van der Waals surface area contributed by atoms with Crippen LogP contribution in [0.4, 0.5) is 10.1 Å². The number of nitrogens with one attached hydrogen (secondary N) is 3. The van der Waals surface area contributed by atoms with Crippen LogP contribution in [0.2, 0.25) is 5.02 Å². The number of halogens is 2. The van der Waals surface area contributed by atoms with Crippen LogP contribution in [0.5, 0.6) is 0 Å². The average Bonchev–Trinajstić information content (AvgIpc) is 3.19. The highest BCUT2D eigenvalue weighted by molar-refractivity contribution is 6.33. The average molecular weight is 458 g/mol. The molecule has 0 fully saturated rings. The minimum absolute atomic E-state index is 0.00612. The Balaban J connectivity index is 1.31. The van der Waals surface area contributed by atoms with Gasteiger partial charge in [0.1, 0.15) is 11.9 Å². The van der Waals surface area contributed by atoms with Crippen molar-refractivity contribution in [3.05, 3.63) is 64.8 Å². The molecule has 4 rings (SSSR count). The van der Waals surface area contributed by atoms with Crippen molar-refractivity contribution in [2.75, 3.05) is 5.32 Å². The largest absolute Gasteiger partial charge is 0.347 e. The molecule has 0 saturated heterocycles. The summed E-state index contributed by atoms with van der Waals surface area (Å²) < 4.78 is 19.0. The lowest BCUT2D eigenvalue weighted by Crippen LogP contribution is -2.42. The van der Waals surface area contributed by atoms with Crippen molar-refractivity contribution in [3.63, 3.8) is 0 Å². The van der Waals surface area contributed by atoms with E-state index < -0.39 is 29.6 Å². The summed E-state index contributed by atoms with van der Waals surface area (Å²) in [6, 6.07) is 9.96. The third kappa shape index (κ3) is 4.59. The molecule has 1 aliphatic rings. The first-order valence-corrected chi connectivity index (χ1v) is 10.0. The number of aromatic nitrogens is 2. The van der Waals surface area contributed by atoms with E-state index in [0.717, 1.165) is 0 Å². The lowest BCUT2D eigenvalue weighted by Gasteiger charge is -2.14. The van der Waals surface area contributed by atoms with Crippen molar-refractivity contribution in [2.24, 2.45) is 0 Å².